The number of hydrogen-bond acceptors (Lipinski definition) is 3. The second-order valence-corrected chi connectivity index (χ2v) is 6.75. The van der Waals surface area contributed by atoms with E-state index in [0.29, 0.717) is 5.56 Å². The topological polar surface area (TPSA) is 47.9 Å². The second-order valence-electron chi connectivity index (χ2n) is 4.82. The molecule has 0 aromatic heterocycles. The predicted molar refractivity (Wildman–Crippen MR) is 75.0 cm³/mol. The molecule has 0 fully saturated rings. The lowest BCUT2D eigenvalue weighted by Gasteiger charge is -2.14. The van der Waals surface area contributed by atoms with Crippen molar-refractivity contribution in [3.05, 3.63) is 23.5 Å². The van der Waals surface area contributed by atoms with Gasteiger partial charge in [0.1, 0.15) is 28.3 Å². The fourth-order valence-electron chi connectivity index (χ4n) is 1.29. The lowest BCUT2D eigenvalue weighted by molar-refractivity contribution is 0.387. The molecule has 0 saturated carbocycles. The van der Waals surface area contributed by atoms with Gasteiger partial charge in [-0.3, -0.25) is 0 Å². The van der Waals surface area contributed by atoms with Crippen molar-refractivity contribution in [3.8, 4) is 11.5 Å². The highest BCUT2D eigenvalue weighted by atomic mass is 32.2. The van der Waals surface area contributed by atoms with E-state index >= 15 is 0 Å². The van der Waals surface area contributed by atoms with Crippen molar-refractivity contribution < 1.29 is 18.1 Å². The van der Waals surface area contributed by atoms with Crippen LogP contribution < -0.4 is 9.47 Å². The van der Waals surface area contributed by atoms with Crippen LogP contribution in [0.3, 0.4) is 0 Å². The quantitative estimate of drug-likeness (QED) is 0.800. The van der Waals surface area contributed by atoms with Crippen LogP contribution in [0.2, 0.25) is 0 Å². The average molecular weight is 287 g/mol. The second kappa shape index (κ2) is 6.14. The van der Waals surface area contributed by atoms with Crippen molar-refractivity contribution in [1.29, 1.82) is 0 Å². The summed E-state index contributed by atoms with van der Waals surface area (Å²) in [5, 5.41) is 0. The van der Waals surface area contributed by atoms with E-state index in [-0.39, 0.29) is 11.5 Å². The van der Waals surface area contributed by atoms with Gasteiger partial charge >= 0.3 is 0 Å². The molecule has 6 heteroatoms. The van der Waals surface area contributed by atoms with E-state index in [1.54, 1.807) is 0 Å². The Morgan fingerprint density at radius 1 is 1.21 bits per heavy atom. The van der Waals surface area contributed by atoms with Gasteiger partial charge in [-0.25, -0.2) is 8.60 Å². The minimum absolute atomic E-state index is 0.284. The molecule has 0 radical (unpaired) electrons. The maximum Gasteiger partial charge on any atom is 0.144 e. The summed E-state index contributed by atoms with van der Waals surface area (Å²) in [5.74, 6) is 0.0980. The summed E-state index contributed by atoms with van der Waals surface area (Å²) in [6.07, 6.45) is 1.39. The molecule has 106 valence electrons. The molecule has 0 heterocycles. The lowest BCUT2D eigenvalue weighted by Crippen LogP contribution is -2.19. The van der Waals surface area contributed by atoms with Crippen LogP contribution in [0.4, 0.5) is 4.39 Å². The van der Waals surface area contributed by atoms with E-state index < -0.39 is 21.5 Å². The van der Waals surface area contributed by atoms with Gasteiger partial charge in [-0.15, -0.1) is 0 Å². The largest absolute Gasteiger partial charge is 0.496 e. The molecule has 0 N–H and O–H groups in total. The Bertz CT molecular complexity index is 484. The lowest BCUT2D eigenvalue weighted by atomic mass is 10.2. The molecular formula is C13H18FNO3S. The van der Waals surface area contributed by atoms with Crippen LogP contribution in [0.15, 0.2) is 16.5 Å². The third-order valence-electron chi connectivity index (χ3n) is 2.31. The average Bonchev–Trinajstić information content (AvgIpc) is 2.34. The van der Waals surface area contributed by atoms with Gasteiger partial charge < -0.3 is 9.47 Å². The summed E-state index contributed by atoms with van der Waals surface area (Å²) in [6.45, 7) is 5.46. The Balaban J connectivity index is 3.19. The van der Waals surface area contributed by atoms with Crippen molar-refractivity contribution in [2.24, 2.45) is 4.40 Å². The van der Waals surface area contributed by atoms with Gasteiger partial charge in [0, 0.05) is 12.1 Å². The van der Waals surface area contributed by atoms with Crippen molar-refractivity contribution in [1.82, 2.24) is 0 Å². The van der Waals surface area contributed by atoms with E-state index in [1.165, 1.54) is 32.6 Å². The van der Waals surface area contributed by atoms with E-state index in [1.807, 2.05) is 20.8 Å². The third-order valence-corrected chi connectivity index (χ3v) is 3.65. The molecule has 1 unspecified atom stereocenters. The smallest absolute Gasteiger partial charge is 0.144 e. The molecule has 0 spiro atoms. The molecule has 19 heavy (non-hydrogen) atoms. The molecule has 1 aromatic carbocycles. The first-order chi connectivity index (χ1) is 8.79. The number of rotatable bonds is 4. The molecule has 0 aliphatic heterocycles. The molecule has 1 aromatic rings. The molecule has 0 aliphatic rings. The zero-order valence-corrected chi connectivity index (χ0v) is 12.5. The van der Waals surface area contributed by atoms with E-state index in [0.717, 1.165) is 0 Å². The Hall–Kier alpha value is -1.43. The van der Waals surface area contributed by atoms with Gasteiger partial charge in [-0.1, -0.05) is 0 Å². The first-order valence-electron chi connectivity index (χ1n) is 5.67. The molecule has 0 bridgehead atoms. The van der Waals surface area contributed by atoms with Crippen LogP contribution in [0, 0.1) is 5.82 Å². The highest BCUT2D eigenvalue weighted by Gasteiger charge is 2.19. The standard InChI is InChI=1S/C13H18FNO3S/c1-13(2,3)19(16)15-8-10-11(17-4)6-9(14)7-12(10)18-5/h6-8H,1-5H3. The summed E-state index contributed by atoms with van der Waals surface area (Å²) in [4.78, 5) is 0. The Morgan fingerprint density at radius 2 is 1.68 bits per heavy atom. The number of nitrogens with zero attached hydrogens (tertiary/aromatic N) is 1. The summed E-state index contributed by atoms with van der Waals surface area (Å²) in [6, 6.07) is 2.45. The maximum absolute atomic E-state index is 13.3. The van der Waals surface area contributed by atoms with Gasteiger partial charge in [0.15, 0.2) is 0 Å². The number of ether oxygens (including phenoxy) is 2. The zero-order valence-electron chi connectivity index (χ0n) is 11.7. The summed E-state index contributed by atoms with van der Waals surface area (Å²) in [5.41, 5.74) is 0.462. The zero-order chi connectivity index (χ0) is 14.6. The SMILES string of the molecule is COc1cc(F)cc(OC)c1C=NS(=O)C(C)(C)C. The van der Waals surface area contributed by atoms with Crippen LogP contribution in [-0.2, 0) is 11.0 Å². The molecule has 0 saturated heterocycles. The minimum atomic E-state index is -1.40. The number of hydrogen-bond donors (Lipinski definition) is 0. The van der Waals surface area contributed by atoms with E-state index in [2.05, 4.69) is 4.40 Å². The Morgan fingerprint density at radius 3 is 2.05 bits per heavy atom. The van der Waals surface area contributed by atoms with E-state index in [9.17, 15) is 8.60 Å². The normalized spacial score (nSPS) is 13.6. The van der Waals surface area contributed by atoms with Gasteiger partial charge in [0.2, 0.25) is 0 Å². The summed E-state index contributed by atoms with van der Waals surface area (Å²) in [7, 11) is 1.45. The molecule has 0 amide bonds. The molecule has 0 aliphatic carbocycles. The monoisotopic (exact) mass is 287 g/mol. The number of halogens is 1. The Kier molecular flexibility index (Phi) is 5.05. The van der Waals surface area contributed by atoms with E-state index in [4.69, 9.17) is 9.47 Å². The highest BCUT2D eigenvalue weighted by Crippen LogP contribution is 2.28. The third kappa shape index (κ3) is 4.02. The highest BCUT2D eigenvalue weighted by molar-refractivity contribution is 7.85. The van der Waals surface area contributed by atoms with Crippen LogP contribution >= 0.6 is 0 Å². The first kappa shape index (κ1) is 15.6. The van der Waals surface area contributed by atoms with Crippen molar-refractivity contribution in [3.63, 3.8) is 0 Å². The fraction of sp³-hybridized carbons (Fsp3) is 0.462. The van der Waals surface area contributed by atoms with Crippen LogP contribution in [0.5, 0.6) is 11.5 Å². The molecular weight excluding hydrogens is 269 g/mol. The minimum Gasteiger partial charge on any atom is -0.496 e. The summed E-state index contributed by atoms with van der Waals surface area (Å²) >= 11 is 0. The molecule has 1 rings (SSSR count). The van der Waals surface area contributed by atoms with Crippen molar-refractivity contribution in [2.45, 2.75) is 25.5 Å². The molecule has 1 atom stereocenters. The number of benzene rings is 1. The fourth-order valence-corrected chi connectivity index (χ4v) is 1.81. The molecule has 4 nitrogen and oxygen atoms in total. The van der Waals surface area contributed by atoms with Gasteiger partial charge in [-0.2, -0.15) is 4.40 Å². The van der Waals surface area contributed by atoms with Crippen LogP contribution in [-0.4, -0.2) is 29.4 Å². The predicted octanol–water partition coefficient (Wildman–Crippen LogP) is 2.72. The van der Waals surface area contributed by atoms with Crippen LogP contribution in [0.1, 0.15) is 26.3 Å². The first-order valence-corrected chi connectivity index (χ1v) is 6.78. The van der Waals surface area contributed by atoms with Crippen molar-refractivity contribution >= 4 is 17.2 Å². The van der Waals surface area contributed by atoms with Crippen molar-refractivity contribution in [2.75, 3.05) is 14.2 Å². The maximum atomic E-state index is 13.3. The summed E-state index contributed by atoms with van der Waals surface area (Å²) < 4.78 is 38.8. The van der Waals surface area contributed by atoms with Gasteiger partial charge in [0.25, 0.3) is 0 Å². The Labute approximate surface area is 115 Å². The van der Waals surface area contributed by atoms with Gasteiger partial charge in [0.05, 0.1) is 30.7 Å². The van der Waals surface area contributed by atoms with Gasteiger partial charge in [-0.05, 0) is 20.8 Å². The van der Waals surface area contributed by atoms with Crippen LogP contribution in [0.25, 0.3) is 0 Å². The number of methoxy groups -OCH3 is 2.